The molecule has 0 saturated carbocycles. The molecule has 3 rings (SSSR count). The van der Waals surface area contributed by atoms with Crippen LogP contribution in [-0.4, -0.2) is 54.4 Å². The van der Waals surface area contributed by atoms with Gasteiger partial charge in [0.25, 0.3) is 0 Å². The second kappa shape index (κ2) is 10.3. The summed E-state index contributed by atoms with van der Waals surface area (Å²) in [6, 6.07) is 18.2. The number of allylic oxidation sites excluding steroid dienone is 2. The van der Waals surface area contributed by atoms with Gasteiger partial charge in [-0.3, -0.25) is 4.79 Å². The molecule has 0 bridgehead atoms. The SMILES string of the molecule is [2H]C([2H])([2H])N(C(=O)C(CCN1CCC(O)(c2ccccc2)CC1)(/C(C=C)=C/C)c1ccccc1)C([2H])([2H])[2H]. The van der Waals surface area contributed by atoms with Gasteiger partial charge in [-0.2, -0.15) is 0 Å². The van der Waals surface area contributed by atoms with Crippen molar-refractivity contribution in [2.45, 2.75) is 37.2 Å². The number of likely N-dealkylation sites (tertiary alicyclic amines) is 1. The van der Waals surface area contributed by atoms with Crippen LogP contribution >= 0.6 is 0 Å². The molecule has 1 unspecified atom stereocenters. The first-order valence-electron chi connectivity index (χ1n) is 14.0. The van der Waals surface area contributed by atoms with E-state index in [1.807, 2.05) is 30.3 Å². The van der Waals surface area contributed by atoms with Crippen LogP contribution in [-0.2, 0) is 15.8 Å². The summed E-state index contributed by atoms with van der Waals surface area (Å²) < 4.78 is 47.5. The number of hydrogen-bond donors (Lipinski definition) is 1. The molecule has 170 valence electrons. The molecule has 1 heterocycles. The molecule has 2 aromatic carbocycles. The van der Waals surface area contributed by atoms with E-state index in [4.69, 9.17) is 8.22 Å². The van der Waals surface area contributed by atoms with E-state index in [0.717, 1.165) is 5.56 Å². The second-order valence-electron chi connectivity index (χ2n) is 8.35. The highest BCUT2D eigenvalue weighted by Gasteiger charge is 2.44. The zero-order valence-corrected chi connectivity index (χ0v) is 18.6. The lowest BCUT2D eigenvalue weighted by molar-refractivity contribution is -0.134. The average molecular weight is 439 g/mol. The van der Waals surface area contributed by atoms with Crippen LogP contribution in [0.5, 0.6) is 0 Å². The minimum atomic E-state index is -3.18. The van der Waals surface area contributed by atoms with Gasteiger partial charge in [0, 0.05) is 35.3 Å². The van der Waals surface area contributed by atoms with Crippen LogP contribution < -0.4 is 0 Å². The summed E-state index contributed by atoms with van der Waals surface area (Å²) in [5, 5.41) is 11.2. The summed E-state index contributed by atoms with van der Waals surface area (Å²) >= 11 is 0. The average Bonchev–Trinajstić information content (AvgIpc) is 2.87. The van der Waals surface area contributed by atoms with Crippen LogP contribution in [0, 0.1) is 0 Å². The van der Waals surface area contributed by atoms with Crippen LogP contribution in [0.3, 0.4) is 0 Å². The molecule has 1 saturated heterocycles. The van der Waals surface area contributed by atoms with Crippen molar-refractivity contribution < 1.29 is 18.1 Å². The van der Waals surface area contributed by atoms with E-state index < -0.39 is 30.9 Å². The van der Waals surface area contributed by atoms with Crippen molar-refractivity contribution in [1.29, 1.82) is 0 Å². The number of likely N-dealkylation sites (N-methyl/N-ethyl adjacent to an activating group) is 1. The molecular formula is C28H36N2O2. The zero-order chi connectivity index (χ0) is 28.2. The van der Waals surface area contributed by atoms with Gasteiger partial charge in [-0.05, 0) is 49.4 Å². The van der Waals surface area contributed by atoms with Crippen LogP contribution in [0.1, 0.15) is 45.5 Å². The van der Waals surface area contributed by atoms with Crippen molar-refractivity contribution in [2.24, 2.45) is 0 Å². The molecule has 32 heavy (non-hydrogen) atoms. The van der Waals surface area contributed by atoms with Crippen LogP contribution in [0.15, 0.2) is 85.0 Å². The molecule has 0 aromatic heterocycles. The third-order valence-corrected chi connectivity index (χ3v) is 6.66. The summed E-state index contributed by atoms with van der Waals surface area (Å²) in [5.41, 5.74) is -0.742. The fourth-order valence-corrected chi connectivity index (χ4v) is 4.77. The van der Waals surface area contributed by atoms with Crippen molar-refractivity contribution in [3.63, 3.8) is 0 Å². The third kappa shape index (κ3) is 4.72. The molecule has 0 radical (unpaired) electrons. The summed E-state index contributed by atoms with van der Waals surface area (Å²) in [6.07, 6.45) is 4.30. The number of aliphatic hydroxyl groups is 1. The Balaban J connectivity index is 2.00. The number of rotatable bonds is 8. The molecular weight excluding hydrogens is 396 g/mol. The highest BCUT2D eigenvalue weighted by Crippen LogP contribution is 2.39. The first-order valence-corrected chi connectivity index (χ1v) is 11.0. The monoisotopic (exact) mass is 438 g/mol. The molecule has 1 fully saturated rings. The van der Waals surface area contributed by atoms with E-state index in [2.05, 4.69) is 11.5 Å². The number of carbonyl (C=O) groups excluding carboxylic acids is 1. The lowest BCUT2D eigenvalue weighted by atomic mass is 9.70. The summed E-state index contributed by atoms with van der Waals surface area (Å²) in [5.74, 6) is -1.02. The first kappa shape index (κ1) is 16.9. The van der Waals surface area contributed by atoms with E-state index in [9.17, 15) is 9.90 Å². The third-order valence-electron chi connectivity index (χ3n) is 6.66. The predicted octanol–water partition coefficient (Wildman–Crippen LogP) is 4.52. The fourth-order valence-electron chi connectivity index (χ4n) is 4.77. The van der Waals surface area contributed by atoms with Crippen LogP contribution in [0.25, 0.3) is 0 Å². The topological polar surface area (TPSA) is 43.8 Å². The largest absolute Gasteiger partial charge is 0.385 e. The minimum Gasteiger partial charge on any atom is -0.385 e. The predicted molar refractivity (Wildman–Crippen MR) is 131 cm³/mol. The second-order valence-corrected chi connectivity index (χ2v) is 8.35. The van der Waals surface area contributed by atoms with E-state index in [1.165, 1.54) is 6.08 Å². The van der Waals surface area contributed by atoms with Crippen LogP contribution in [0.4, 0.5) is 0 Å². The van der Waals surface area contributed by atoms with Crippen molar-refractivity contribution in [3.8, 4) is 0 Å². The summed E-state index contributed by atoms with van der Waals surface area (Å²) in [4.78, 5) is 16.4. The Kier molecular flexibility index (Phi) is 5.42. The number of hydrogen-bond acceptors (Lipinski definition) is 3. The van der Waals surface area contributed by atoms with Gasteiger partial charge in [-0.1, -0.05) is 79.4 Å². The Morgan fingerprint density at radius 1 is 1.16 bits per heavy atom. The van der Waals surface area contributed by atoms with Crippen molar-refractivity contribution in [1.82, 2.24) is 9.80 Å². The maximum absolute atomic E-state index is 14.2. The lowest BCUT2D eigenvalue weighted by Crippen LogP contribution is -2.49. The van der Waals surface area contributed by atoms with Gasteiger partial charge in [0.15, 0.2) is 0 Å². The Labute approximate surface area is 201 Å². The Bertz CT molecular complexity index is 1110. The Morgan fingerprint density at radius 2 is 1.75 bits per heavy atom. The fraction of sp³-hybridized carbons (Fsp3) is 0.393. The van der Waals surface area contributed by atoms with Gasteiger partial charge in [-0.15, -0.1) is 0 Å². The van der Waals surface area contributed by atoms with E-state index in [1.54, 1.807) is 43.3 Å². The van der Waals surface area contributed by atoms with E-state index in [0.29, 0.717) is 43.6 Å². The van der Waals surface area contributed by atoms with E-state index >= 15 is 0 Å². The van der Waals surface area contributed by atoms with Gasteiger partial charge >= 0.3 is 0 Å². The number of piperidine rings is 1. The molecule has 1 N–H and O–H groups in total. The quantitative estimate of drug-likeness (QED) is 0.617. The van der Waals surface area contributed by atoms with Gasteiger partial charge < -0.3 is 14.9 Å². The molecule has 0 spiro atoms. The van der Waals surface area contributed by atoms with Crippen molar-refractivity contribution in [3.05, 3.63) is 96.1 Å². The molecule has 4 nitrogen and oxygen atoms in total. The summed E-state index contributed by atoms with van der Waals surface area (Å²) in [7, 11) is 0. The number of carbonyl (C=O) groups is 1. The standard InChI is InChI=1S/C28H36N2O2/c1-5-23(6-2)28(26(31)29(3)4,25-15-11-8-12-16-25)19-22-30-20-17-27(32,18-21-30)24-13-9-7-10-14-24/h5-16,32H,1,17-22H2,2-4H3/b23-6+/i3D3,4D3. The molecule has 2 aromatic rings. The van der Waals surface area contributed by atoms with Crippen molar-refractivity contribution in [2.75, 3.05) is 33.6 Å². The van der Waals surface area contributed by atoms with Gasteiger partial charge in [0.2, 0.25) is 5.91 Å². The highest BCUT2D eigenvalue weighted by molar-refractivity contribution is 5.92. The normalized spacial score (nSPS) is 22.1. The van der Waals surface area contributed by atoms with Gasteiger partial charge in [-0.25, -0.2) is 0 Å². The molecule has 1 aliphatic heterocycles. The van der Waals surface area contributed by atoms with Crippen molar-refractivity contribution >= 4 is 5.91 Å². The Morgan fingerprint density at radius 3 is 2.28 bits per heavy atom. The first-order chi connectivity index (χ1) is 17.8. The molecule has 0 aliphatic carbocycles. The van der Waals surface area contributed by atoms with Gasteiger partial charge in [0.1, 0.15) is 0 Å². The molecule has 4 heteroatoms. The number of nitrogens with zero attached hydrogens (tertiary/aromatic N) is 2. The van der Waals surface area contributed by atoms with Crippen LogP contribution in [0.2, 0.25) is 0 Å². The zero-order valence-electron chi connectivity index (χ0n) is 24.6. The molecule has 1 aliphatic rings. The van der Waals surface area contributed by atoms with Gasteiger partial charge in [0.05, 0.1) is 11.0 Å². The number of amides is 1. The minimum absolute atomic E-state index is 0.0599. The smallest absolute Gasteiger partial charge is 0.237 e. The maximum atomic E-state index is 14.2. The highest BCUT2D eigenvalue weighted by atomic mass is 16.3. The summed E-state index contributed by atoms with van der Waals surface area (Å²) in [6.45, 7) is 0.733. The Hall–Kier alpha value is -2.69. The number of benzene rings is 2. The molecule has 1 amide bonds. The molecule has 1 atom stereocenters. The lowest BCUT2D eigenvalue weighted by Gasteiger charge is -2.41. The maximum Gasteiger partial charge on any atom is 0.237 e. The van der Waals surface area contributed by atoms with E-state index in [-0.39, 0.29) is 11.3 Å².